The molecule has 0 spiro atoms. The van der Waals surface area contributed by atoms with Crippen molar-refractivity contribution in [2.24, 2.45) is 0 Å². The van der Waals surface area contributed by atoms with E-state index in [1.807, 2.05) is 6.07 Å². The largest absolute Gasteiger partial charge is 0.506 e. The first-order valence-electron chi connectivity index (χ1n) is 4.88. The molecule has 0 bridgehead atoms. The highest BCUT2D eigenvalue weighted by Crippen LogP contribution is 2.33. The van der Waals surface area contributed by atoms with Crippen molar-refractivity contribution in [1.82, 2.24) is 4.90 Å². The number of aromatic hydroxyl groups is 1. The Kier molecular flexibility index (Phi) is 4.93. The zero-order valence-corrected chi connectivity index (χ0v) is 12.9. The molecule has 0 fully saturated rings. The first kappa shape index (κ1) is 14.7. The molecular formula is C12H10Br2N2O2. The van der Waals surface area contributed by atoms with Crippen molar-refractivity contribution in [3.05, 3.63) is 32.2 Å². The van der Waals surface area contributed by atoms with Gasteiger partial charge in [-0.05, 0) is 34.1 Å². The Morgan fingerprint density at radius 3 is 2.56 bits per heavy atom. The van der Waals surface area contributed by atoms with E-state index in [1.54, 1.807) is 26.2 Å². The Hall–Kier alpha value is -1.32. The van der Waals surface area contributed by atoms with Crippen LogP contribution in [0.5, 0.6) is 5.75 Å². The van der Waals surface area contributed by atoms with Crippen LogP contribution >= 0.6 is 31.9 Å². The van der Waals surface area contributed by atoms with Gasteiger partial charge >= 0.3 is 0 Å². The van der Waals surface area contributed by atoms with Crippen LogP contribution in [0.2, 0.25) is 0 Å². The number of carbonyl (C=O) groups is 1. The molecular weight excluding hydrogens is 364 g/mol. The summed E-state index contributed by atoms with van der Waals surface area (Å²) >= 11 is 6.46. The topological polar surface area (TPSA) is 64.3 Å². The van der Waals surface area contributed by atoms with Crippen LogP contribution < -0.4 is 0 Å². The van der Waals surface area contributed by atoms with Gasteiger partial charge in [-0.2, -0.15) is 5.26 Å². The van der Waals surface area contributed by atoms with Crippen LogP contribution in [-0.2, 0) is 4.79 Å². The second-order valence-electron chi connectivity index (χ2n) is 3.69. The van der Waals surface area contributed by atoms with Gasteiger partial charge in [0, 0.05) is 24.1 Å². The van der Waals surface area contributed by atoms with E-state index >= 15 is 0 Å². The minimum Gasteiger partial charge on any atom is -0.506 e. The Labute approximate surface area is 122 Å². The van der Waals surface area contributed by atoms with E-state index in [9.17, 15) is 9.90 Å². The number of rotatable bonds is 2. The number of halogens is 2. The molecule has 1 aromatic rings. The van der Waals surface area contributed by atoms with Crippen molar-refractivity contribution in [3.63, 3.8) is 0 Å². The number of amides is 1. The summed E-state index contributed by atoms with van der Waals surface area (Å²) in [5.74, 6) is -0.425. The maximum atomic E-state index is 11.7. The third-order valence-corrected chi connectivity index (χ3v) is 3.18. The van der Waals surface area contributed by atoms with Gasteiger partial charge in [-0.25, -0.2) is 0 Å². The summed E-state index contributed by atoms with van der Waals surface area (Å²) < 4.78 is 1.21. The maximum Gasteiger partial charge on any atom is 0.264 e. The number of hydrogen-bond donors (Lipinski definition) is 1. The van der Waals surface area contributed by atoms with E-state index in [-0.39, 0.29) is 11.3 Å². The van der Waals surface area contributed by atoms with Crippen molar-refractivity contribution in [1.29, 1.82) is 5.26 Å². The molecule has 0 aliphatic heterocycles. The molecule has 0 heterocycles. The van der Waals surface area contributed by atoms with E-state index in [4.69, 9.17) is 5.26 Å². The molecule has 0 saturated carbocycles. The summed E-state index contributed by atoms with van der Waals surface area (Å²) in [7, 11) is 3.12. The van der Waals surface area contributed by atoms with Gasteiger partial charge in [0.05, 0.1) is 4.47 Å². The van der Waals surface area contributed by atoms with Gasteiger partial charge in [-0.3, -0.25) is 4.79 Å². The third-order valence-electron chi connectivity index (χ3n) is 2.11. The first-order valence-corrected chi connectivity index (χ1v) is 6.47. The van der Waals surface area contributed by atoms with Crippen LogP contribution in [0.25, 0.3) is 6.08 Å². The second kappa shape index (κ2) is 6.03. The monoisotopic (exact) mass is 372 g/mol. The fraction of sp³-hybridized carbons (Fsp3) is 0.167. The Bertz CT molecular complexity index is 560. The molecule has 94 valence electrons. The number of carbonyl (C=O) groups excluding carboxylic acids is 1. The molecule has 0 aliphatic rings. The quantitative estimate of drug-likeness (QED) is 0.640. The Balaban J connectivity index is 3.31. The lowest BCUT2D eigenvalue weighted by Crippen LogP contribution is -2.22. The summed E-state index contributed by atoms with van der Waals surface area (Å²) in [6.07, 6.45) is 1.35. The zero-order chi connectivity index (χ0) is 13.9. The fourth-order valence-electron chi connectivity index (χ4n) is 1.23. The molecule has 1 N–H and O–H groups in total. The van der Waals surface area contributed by atoms with Gasteiger partial charge in [-0.1, -0.05) is 15.9 Å². The van der Waals surface area contributed by atoms with E-state index < -0.39 is 5.91 Å². The van der Waals surface area contributed by atoms with Gasteiger partial charge in [-0.15, -0.1) is 0 Å². The van der Waals surface area contributed by atoms with Gasteiger partial charge < -0.3 is 10.0 Å². The fourth-order valence-corrected chi connectivity index (χ4v) is 2.49. The summed E-state index contributed by atoms with van der Waals surface area (Å²) in [5.41, 5.74) is 0.350. The number of nitriles is 1. The minimum absolute atomic E-state index is 0.0162. The number of phenolic OH excluding ortho intramolecular Hbond substituents is 1. The molecule has 0 saturated heterocycles. The van der Waals surface area contributed by atoms with Crippen molar-refractivity contribution in [3.8, 4) is 11.8 Å². The highest BCUT2D eigenvalue weighted by molar-refractivity contribution is 9.11. The molecule has 0 atom stereocenters. The molecule has 0 radical (unpaired) electrons. The maximum absolute atomic E-state index is 11.7. The SMILES string of the molecule is CN(C)C(=O)/C(C#N)=C\c1cc(Br)cc(Br)c1O. The van der Waals surface area contributed by atoms with Crippen LogP contribution in [0, 0.1) is 11.3 Å². The van der Waals surface area contributed by atoms with Crippen LogP contribution in [0.1, 0.15) is 5.56 Å². The number of phenols is 1. The predicted octanol–water partition coefficient (Wildman–Crippen LogP) is 2.91. The molecule has 0 aliphatic carbocycles. The average molecular weight is 374 g/mol. The van der Waals surface area contributed by atoms with Crippen molar-refractivity contribution >= 4 is 43.8 Å². The Morgan fingerprint density at radius 1 is 1.44 bits per heavy atom. The van der Waals surface area contributed by atoms with Crippen LogP contribution in [-0.4, -0.2) is 30.0 Å². The normalized spacial score (nSPS) is 10.9. The smallest absolute Gasteiger partial charge is 0.264 e. The molecule has 4 nitrogen and oxygen atoms in total. The molecule has 18 heavy (non-hydrogen) atoms. The lowest BCUT2D eigenvalue weighted by atomic mass is 10.1. The van der Waals surface area contributed by atoms with Crippen LogP contribution in [0.3, 0.4) is 0 Å². The van der Waals surface area contributed by atoms with Gasteiger partial charge in [0.15, 0.2) is 0 Å². The molecule has 0 unspecified atom stereocenters. The summed E-state index contributed by atoms with van der Waals surface area (Å²) in [4.78, 5) is 13.0. The van der Waals surface area contributed by atoms with Gasteiger partial charge in [0.1, 0.15) is 17.4 Å². The lowest BCUT2D eigenvalue weighted by molar-refractivity contribution is -0.124. The Morgan fingerprint density at radius 2 is 2.06 bits per heavy atom. The van der Waals surface area contributed by atoms with Crippen molar-refractivity contribution in [2.75, 3.05) is 14.1 Å². The van der Waals surface area contributed by atoms with E-state index in [1.165, 1.54) is 11.0 Å². The summed E-state index contributed by atoms with van der Waals surface area (Å²) in [6, 6.07) is 5.12. The molecule has 1 aromatic carbocycles. The highest BCUT2D eigenvalue weighted by Gasteiger charge is 2.13. The highest BCUT2D eigenvalue weighted by atomic mass is 79.9. The summed E-state index contributed by atoms with van der Waals surface area (Å²) in [5, 5.41) is 18.8. The van der Waals surface area contributed by atoms with Crippen molar-refractivity contribution < 1.29 is 9.90 Å². The van der Waals surface area contributed by atoms with E-state index in [2.05, 4.69) is 31.9 Å². The van der Waals surface area contributed by atoms with Gasteiger partial charge in [0.25, 0.3) is 5.91 Å². The van der Waals surface area contributed by atoms with E-state index in [0.717, 1.165) is 4.47 Å². The molecule has 1 amide bonds. The zero-order valence-electron chi connectivity index (χ0n) is 9.74. The molecule has 0 aromatic heterocycles. The number of benzene rings is 1. The van der Waals surface area contributed by atoms with Crippen molar-refractivity contribution in [2.45, 2.75) is 0 Å². The van der Waals surface area contributed by atoms with Crippen LogP contribution in [0.15, 0.2) is 26.7 Å². The van der Waals surface area contributed by atoms with Gasteiger partial charge in [0.2, 0.25) is 0 Å². The average Bonchev–Trinajstić information content (AvgIpc) is 2.30. The minimum atomic E-state index is -0.409. The first-order chi connectivity index (χ1) is 8.36. The predicted molar refractivity (Wildman–Crippen MR) is 75.8 cm³/mol. The number of likely N-dealkylation sites (N-methyl/N-ethyl adjacent to an activating group) is 1. The number of hydrogen-bond acceptors (Lipinski definition) is 3. The van der Waals surface area contributed by atoms with E-state index in [0.29, 0.717) is 10.0 Å². The lowest BCUT2D eigenvalue weighted by Gasteiger charge is -2.09. The van der Waals surface area contributed by atoms with Crippen LogP contribution in [0.4, 0.5) is 0 Å². The third kappa shape index (κ3) is 3.34. The molecule has 6 heteroatoms. The second-order valence-corrected chi connectivity index (χ2v) is 5.46. The standard InChI is InChI=1S/C12H10Br2N2O2/c1-16(2)12(18)8(6-15)3-7-4-9(13)5-10(14)11(7)17/h3-5,17H,1-2H3/b8-3-. The summed E-state index contributed by atoms with van der Waals surface area (Å²) in [6.45, 7) is 0. The number of nitrogens with zero attached hydrogens (tertiary/aromatic N) is 2. The molecule has 1 rings (SSSR count).